The number of fused-ring (bicyclic) bond motifs is 5. The molecule has 0 saturated carbocycles. The zero-order valence-electron chi connectivity index (χ0n) is 28.3. The lowest BCUT2D eigenvalue weighted by atomic mass is 9.70. The Bertz CT molecular complexity index is 1710. The minimum absolute atomic E-state index is 0.0740. The predicted molar refractivity (Wildman–Crippen MR) is 179 cm³/mol. The number of aryl methyl sites for hydroxylation is 2. The van der Waals surface area contributed by atoms with Gasteiger partial charge in [-0.3, -0.25) is 19.3 Å². The maximum atomic E-state index is 12.8. The highest BCUT2D eigenvalue weighted by molar-refractivity contribution is 5.92. The molecule has 1 N–H and O–H groups in total. The third kappa shape index (κ3) is 5.17. The molecule has 2 aromatic heterocycles. The number of hydrogen-bond acceptors (Lipinski definition) is 9. The molecule has 5 aliphatic rings. The third-order valence-electron chi connectivity index (χ3n) is 11.7. The van der Waals surface area contributed by atoms with E-state index in [1.807, 2.05) is 22.9 Å². The summed E-state index contributed by atoms with van der Waals surface area (Å²) in [6.45, 7) is 8.14. The second-order valence-corrected chi connectivity index (χ2v) is 15.1. The summed E-state index contributed by atoms with van der Waals surface area (Å²) >= 11 is 0. The summed E-state index contributed by atoms with van der Waals surface area (Å²) in [5.74, 6) is 1.83. The van der Waals surface area contributed by atoms with Crippen LogP contribution in [0.2, 0.25) is 0 Å². The van der Waals surface area contributed by atoms with Gasteiger partial charge in [-0.25, -0.2) is 0 Å². The van der Waals surface area contributed by atoms with Gasteiger partial charge in [0.2, 0.25) is 0 Å². The van der Waals surface area contributed by atoms with Crippen molar-refractivity contribution in [3.63, 3.8) is 0 Å². The Morgan fingerprint density at radius 2 is 1.96 bits per heavy atom. The topological polar surface area (TPSA) is 103 Å². The number of aromatic hydroxyl groups is 1. The summed E-state index contributed by atoms with van der Waals surface area (Å²) in [4.78, 5) is 32.2. The Hall–Kier alpha value is -3.70. The molecule has 11 heteroatoms. The molecule has 1 unspecified atom stereocenters. The number of likely N-dealkylation sites (N-methyl/N-ethyl adjacent to an activating group) is 1. The van der Waals surface area contributed by atoms with Crippen LogP contribution in [-0.2, 0) is 38.0 Å². The summed E-state index contributed by atoms with van der Waals surface area (Å²) in [6, 6.07) is 8.30. The van der Waals surface area contributed by atoms with E-state index in [0.29, 0.717) is 43.1 Å². The van der Waals surface area contributed by atoms with E-state index >= 15 is 0 Å². The zero-order valence-corrected chi connectivity index (χ0v) is 28.3. The van der Waals surface area contributed by atoms with E-state index in [4.69, 9.17) is 14.7 Å². The molecular weight excluding hydrogens is 592 g/mol. The van der Waals surface area contributed by atoms with Gasteiger partial charge in [-0.05, 0) is 93.8 Å². The third-order valence-corrected chi connectivity index (χ3v) is 11.7. The Kier molecular flexibility index (Phi) is 7.48. The maximum absolute atomic E-state index is 12.8. The minimum Gasteiger partial charge on any atom is -0.508 e. The fourth-order valence-electron chi connectivity index (χ4n) is 9.43. The minimum atomic E-state index is -0.247. The highest BCUT2D eigenvalue weighted by Gasteiger charge is 2.48. The van der Waals surface area contributed by atoms with Crippen molar-refractivity contribution in [2.75, 3.05) is 52.3 Å². The normalized spacial score (nSPS) is 27.2. The molecule has 250 valence electrons. The number of hydrogen-bond donors (Lipinski definition) is 1. The average Bonchev–Trinajstić information content (AvgIpc) is 3.67. The molecule has 4 aliphatic heterocycles. The van der Waals surface area contributed by atoms with Crippen LogP contribution in [0.1, 0.15) is 84.0 Å². The molecule has 0 radical (unpaired) electrons. The first-order valence-corrected chi connectivity index (χ1v) is 17.5. The average molecular weight is 641 g/mol. The summed E-state index contributed by atoms with van der Waals surface area (Å²) in [5.41, 5.74) is 6.04. The molecule has 8 rings (SSSR count). The van der Waals surface area contributed by atoms with Crippen molar-refractivity contribution in [1.82, 2.24) is 34.4 Å². The van der Waals surface area contributed by atoms with Crippen molar-refractivity contribution in [2.24, 2.45) is 5.92 Å². The van der Waals surface area contributed by atoms with Crippen LogP contribution in [0.25, 0.3) is 0 Å². The fraction of sp³-hybridized carbons (Fsp3) is 0.611. The second kappa shape index (κ2) is 11.5. The predicted octanol–water partition coefficient (Wildman–Crippen LogP) is 3.96. The van der Waals surface area contributed by atoms with Gasteiger partial charge in [0.25, 0.3) is 5.91 Å². The number of nitrogens with zero attached hydrogens (tertiary/aromatic N) is 8. The van der Waals surface area contributed by atoms with Gasteiger partial charge in [-0.15, -0.1) is 0 Å². The van der Waals surface area contributed by atoms with Crippen LogP contribution in [0.4, 0.5) is 5.82 Å². The largest absolute Gasteiger partial charge is 0.508 e. The molecule has 0 bridgehead atoms. The molecule has 2 saturated heterocycles. The number of benzene rings is 1. The van der Waals surface area contributed by atoms with Crippen LogP contribution in [0.5, 0.6) is 11.8 Å². The summed E-state index contributed by atoms with van der Waals surface area (Å²) < 4.78 is 8.67. The SMILES string of the molecule is C[C@H]1CN2CCC[C@@]2(COc2nc3c(c(N4CCCn5nc(C(=O)N(C)C)cc5C4)n2)CN(C)C2(CCCc4ccc(O)cc42)C3)C1. The van der Waals surface area contributed by atoms with Crippen molar-refractivity contribution < 1.29 is 14.6 Å². The molecule has 1 spiro atoms. The van der Waals surface area contributed by atoms with E-state index in [2.05, 4.69) is 39.8 Å². The van der Waals surface area contributed by atoms with Crippen molar-refractivity contribution in [1.29, 1.82) is 0 Å². The summed E-state index contributed by atoms with van der Waals surface area (Å²) in [7, 11) is 5.74. The number of carbonyl (C=O) groups is 1. The van der Waals surface area contributed by atoms with Crippen LogP contribution in [0.15, 0.2) is 24.3 Å². The van der Waals surface area contributed by atoms with E-state index in [9.17, 15) is 9.90 Å². The van der Waals surface area contributed by atoms with Crippen LogP contribution in [0.3, 0.4) is 0 Å². The Balaban J connectivity index is 1.18. The number of ether oxygens (including phenoxy) is 1. The number of anilines is 1. The van der Waals surface area contributed by atoms with E-state index in [1.54, 1.807) is 19.0 Å². The molecule has 11 nitrogen and oxygen atoms in total. The molecule has 1 aliphatic carbocycles. The van der Waals surface area contributed by atoms with E-state index in [-0.39, 0.29) is 17.0 Å². The molecule has 6 heterocycles. The molecular formula is C36H48N8O3. The molecule has 1 amide bonds. The lowest BCUT2D eigenvalue weighted by Gasteiger charge is -2.49. The summed E-state index contributed by atoms with van der Waals surface area (Å²) in [6.07, 6.45) is 8.29. The van der Waals surface area contributed by atoms with Crippen LogP contribution in [0, 0.1) is 5.92 Å². The van der Waals surface area contributed by atoms with Gasteiger partial charge in [-0.1, -0.05) is 13.0 Å². The Morgan fingerprint density at radius 1 is 1.09 bits per heavy atom. The van der Waals surface area contributed by atoms with Crippen LogP contribution < -0.4 is 9.64 Å². The van der Waals surface area contributed by atoms with Crippen LogP contribution in [-0.4, -0.2) is 98.4 Å². The lowest BCUT2D eigenvalue weighted by Crippen LogP contribution is -2.51. The van der Waals surface area contributed by atoms with Gasteiger partial charge in [0.15, 0.2) is 5.69 Å². The second-order valence-electron chi connectivity index (χ2n) is 15.1. The number of carbonyl (C=O) groups excluding carboxylic acids is 1. The highest BCUT2D eigenvalue weighted by Crippen LogP contribution is 2.48. The zero-order chi connectivity index (χ0) is 32.5. The van der Waals surface area contributed by atoms with Crippen molar-refractivity contribution >= 4 is 11.7 Å². The first-order valence-electron chi connectivity index (χ1n) is 17.5. The lowest BCUT2D eigenvalue weighted by molar-refractivity contribution is 0.0711. The summed E-state index contributed by atoms with van der Waals surface area (Å²) in [5, 5.41) is 15.3. The smallest absolute Gasteiger partial charge is 0.318 e. The number of amides is 1. The monoisotopic (exact) mass is 640 g/mol. The van der Waals surface area contributed by atoms with Gasteiger partial charge in [0.1, 0.15) is 18.2 Å². The fourth-order valence-corrected chi connectivity index (χ4v) is 9.43. The van der Waals surface area contributed by atoms with Crippen molar-refractivity contribution in [3.8, 4) is 11.8 Å². The standard InChI is InChI=1S/C36H48N8O3/c1-24-18-35(11-6-14-43(35)20-24)23-47-34-37-31-19-36(12-5-8-25-9-10-27(45)17-29(25)36)41(4)22-28(31)32(38-34)42-13-7-15-44-26(21-42)16-30(39-44)33(46)40(2)3/h9-10,16-17,24,45H,5-8,11-15,18-23H2,1-4H3/t24-,35+,36?/m1/s1. The molecule has 3 atom stereocenters. The molecule has 3 aromatic rings. The highest BCUT2D eigenvalue weighted by atomic mass is 16.5. The van der Waals surface area contributed by atoms with Crippen molar-refractivity contribution in [3.05, 3.63) is 58.0 Å². The van der Waals surface area contributed by atoms with E-state index in [1.165, 1.54) is 17.5 Å². The maximum Gasteiger partial charge on any atom is 0.318 e. The van der Waals surface area contributed by atoms with Gasteiger partial charge < -0.3 is 19.6 Å². The van der Waals surface area contributed by atoms with E-state index < -0.39 is 0 Å². The molecule has 1 aromatic carbocycles. The number of phenols is 1. The van der Waals surface area contributed by atoms with Gasteiger partial charge in [0.05, 0.1) is 29.0 Å². The van der Waals surface area contributed by atoms with Gasteiger partial charge in [0, 0.05) is 52.3 Å². The Labute approximate surface area is 277 Å². The molecule has 2 fully saturated rings. The van der Waals surface area contributed by atoms with E-state index in [0.717, 1.165) is 93.9 Å². The van der Waals surface area contributed by atoms with Crippen molar-refractivity contribution in [2.45, 2.75) is 89.0 Å². The van der Waals surface area contributed by atoms with Gasteiger partial charge >= 0.3 is 6.01 Å². The number of phenolic OH excluding ortho intramolecular Hbond substituents is 1. The van der Waals surface area contributed by atoms with Gasteiger partial charge in [-0.2, -0.15) is 15.1 Å². The number of rotatable bonds is 5. The quantitative estimate of drug-likeness (QED) is 0.444. The first kappa shape index (κ1) is 30.6. The van der Waals surface area contributed by atoms with Crippen LogP contribution >= 0.6 is 0 Å². The number of aromatic nitrogens is 4. The Morgan fingerprint density at radius 3 is 2.81 bits per heavy atom. The molecule has 47 heavy (non-hydrogen) atoms. The first-order chi connectivity index (χ1) is 22.6.